The molecule has 13 aromatic rings. The van der Waals surface area contributed by atoms with Crippen molar-refractivity contribution in [3.05, 3.63) is 194 Å². The molecule has 9 aromatic carbocycles. The SMILES string of the molecule is c1ccc(-c2cc3c(cc2-c2ccc4c(c2)c2ccccc2n4-c2ccc4oc5ccccc5c4c2)c2ccccc2n3-c2cccc3c2oc2ccccc23)cc1. The molecule has 0 spiro atoms. The number of furan rings is 2. The van der Waals surface area contributed by atoms with Gasteiger partial charge < -0.3 is 18.0 Å². The van der Waals surface area contributed by atoms with Gasteiger partial charge >= 0.3 is 0 Å². The van der Waals surface area contributed by atoms with Crippen molar-refractivity contribution in [2.75, 3.05) is 0 Å². The van der Waals surface area contributed by atoms with Crippen molar-refractivity contribution in [1.29, 1.82) is 0 Å². The van der Waals surface area contributed by atoms with Crippen molar-refractivity contribution >= 4 is 87.5 Å². The van der Waals surface area contributed by atoms with Crippen LogP contribution in [0.5, 0.6) is 0 Å². The van der Waals surface area contributed by atoms with Gasteiger partial charge in [0.25, 0.3) is 0 Å². The van der Waals surface area contributed by atoms with Gasteiger partial charge in [0.2, 0.25) is 0 Å². The van der Waals surface area contributed by atoms with Crippen molar-refractivity contribution in [2.24, 2.45) is 0 Å². The van der Waals surface area contributed by atoms with Gasteiger partial charge in [0, 0.05) is 48.8 Å². The molecule has 58 heavy (non-hydrogen) atoms. The topological polar surface area (TPSA) is 36.1 Å². The Kier molecular flexibility index (Phi) is 6.41. The highest BCUT2D eigenvalue weighted by atomic mass is 16.3. The lowest BCUT2D eigenvalue weighted by Gasteiger charge is -2.14. The number of hydrogen-bond acceptors (Lipinski definition) is 2. The summed E-state index contributed by atoms with van der Waals surface area (Å²) in [5.41, 5.74) is 15.0. The summed E-state index contributed by atoms with van der Waals surface area (Å²) in [6.07, 6.45) is 0. The molecule has 0 bridgehead atoms. The molecule has 0 fully saturated rings. The summed E-state index contributed by atoms with van der Waals surface area (Å²) < 4.78 is 17.6. The number of benzene rings is 9. The summed E-state index contributed by atoms with van der Waals surface area (Å²) in [6, 6.07) is 69.7. The maximum Gasteiger partial charge on any atom is 0.159 e. The second-order valence-corrected chi connectivity index (χ2v) is 15.2. The monoisotopic (exact) mass is 740 g/mol. The normalized spacial score (nSPS) is 12.1. The lowest BCUT2D eigenvalue weighted by molar-refractivity contribution is 0.666. The van der Waals surface area contributed by atoms with Crippen molar-refractivity contribution in [3.8, 4) is 33.6 Å². The fourth-order valence-electron chi connectivity index (χ4n) is 9.55. The molecule has 0 saturated carbocycles. The van der Waals surface area contributed by atoms with E-state index in [1.165, 1.54) is 49.3 Å². The third-order valence-electron chi connectivity index (χ3n) is 12.1. The second-order valence-electron chi connectivity index (χ2n) is 15.2. The van der Waals surface area contributed by atoms with E-state index in [2.05, 4.69) is 185 Å². The van der Waals surface area contributed by atoms with E-state index in [0.717, 1.165) is 71.8 Å². The molecule has 0 atom stereocenters. The predicted molar refractivity (Wildman–Crippen MR) is 241 cm³/mol. The van der Waals surface area contributed by atoms with Gasteiger partial charge in [-0.1, -0.05) is 121 Å². The van der Waals surface area contributed by atoms with E-state index in [-0.39, 0.29) is 0 Å². The quantitative estimate of drug-likeness (QED) is 0.180. The molecule has 0 saturated heterocycles. The lowest BCUT2D eigenvalue weighted by atomic mass is 9.92. The molecule has 4 heteroatoms. The Balaban J connectivity index is 1.07. The van der Waals surface area contributed by atoms with Gasteiger partial charge in [0.05, 0.1) is 27.8 Å². The predicted octanol–water partition coefficient (Wildman–Crippen LogP) is 15.0. The highest BCUT2D eigenvalue weighted by Gasteiger charge is 2.22. The second kappa shape index (κ2) is 11.8. The fraction of sp³-hybridized carbons (Fsp3) is 0. The summed E-state index contributed by atoms with van der Waals surface area (Å²) >= 11 is 0. The Morgan fingerprint density at radius 3 is 1.67 bits per heavy atom. The average molecular weight is 741 g/mol. The molecule has 0 aliphatic rings. The van der Waals surface area contributed by atoms with E-state index in [9.17, 15) is 0 Å². The summed E-state index contributed by atoms with van der Waals surface area (Å²) in [7, 11) is 0. The maximum absolute atomic E-state index is 6.63. The van der Waals surface area contributed by atoms with Crippen molar-refractivity contribution in [2.45, 2.75) is 0 Å². The zero-order valence-electron chi connectivity index (χ0n) is 31.2. The van der Waals surface area contributed by atoms with Crippen LogP contribution in [0.2, 0.25) is 0 Å². The first kappa shape index (κ1) is 31.4. The summed E-state index contributed by atoms with van der Waals surface area (Å²) in [6.45, 7) is 0. The maximum atomic E-state index is 6.63. The molecular formula is C54H32N2O2. The van der Waals surface area contributed by atoms with E-state index in [0.29, 0.717) is 0 Å². The van der Waals surface area contributed by atoms with Crippen LogP contribution < -0.4 is 0 Å². The number of aromatic nitrogens is 2. The number of nitrogens with zero attached hydrogens (tertiary/aromatic N) is 2. The van der Waals surface area contributed by atoms with Gasteiger partial charge in [-0.15, -0.1) is 0 Å². The molecule has 4 heterocycles. The summed E-state index contributed by atoms with van der Waals surface area (Å²) in [5.74, 6) is 0. The molecular weight excluding hydrogens is 709 g/mol. The van der Waals surface area contributed by atoms with Crippen LogP contribution in [0.3, 0.4) is 0 Å². The highest BCUT2D eigenvalue weighted by molar-refractivity contribution is 6.16. The van der Waals surface area contributed by atoms with Gasteiger partial charge in [0.1, 0.15) is 16.7 Å². The van der Waals surface area contributed by atoms with Gasteiger partial charge in [-0.3, -0.25) is 0 Å². The van der Waals surface area contributed by atoms with E-state index in [4.69, 9.17) is 8.83 Å². The molecule has 0 unspecified atom stereocenters. The highest BCUT2D eigenvalue weighted by Crippen LogP contribution is 2.44. The largest absolute Gasteiger partial charge is 0.456 e. The summed E-state index contributed by atoms with van der Waals surface area (Å²) in [4.78, 5) is 0. The van der Waals surface area contributed by atoms with Crippen molar-refractivity contribution in [1.82, 2.24) is 9.13 Å². The first-order chi connectivity index (χ1) is 28.8. The van der Waals surface area contributed by atoms with Crippen LogP contribution in [0.4, 0.5) is 0 Å². The molecule has 0 N–H and O–H groups in total. The smallest absolute Gasteiger partial charge is 0.159 e. The average Bonchev–Trinajstić information content (AvgIpc) is 4.03. The molecule has 13 rings (SSSR count). The van der Waals surface area contributed by atoms with Crippen LogP contribution in [0.1, 0.15) is 0 Å². The van der Waals surface area contributed by atoms with Crippen LogP contribution in [-0.4, -0.2) is 9.13 Å². The van der Waals surface area contributed by atoms with Crippen molar-refractivity contribution < 1.29 is 8.83 Å². The molecule has 0 aliphatic carbocycles. The van der Waals surface area contributed by atoms with E-state index >= 15 is 0 Å². The molecule has 4 aromatic heterocycles. The number of fused-ring (bicyclic) bond motifs is 12. The molecule has 0 aliphatic heterocycles. The summed E-state index contributed by atoms with van der Waals surface area (Å²) in [5, 5.41) is 9.31. The van der Waals surface area contributed by atoms with Crippen LogP contribution >= 0.6 is 0 Å². The Morgan fingerprint density at radius 1 is 0.293 bits per heavy atom. The van der Waals surface area contributed by atoms with Gasteiger partial charge in [-0.2, -0.15) is 0 Å². The van der Waals surface area contributed by atoms with Crippen LogP contribution in [0.15, 0.2) is 203 Å². The zero-order valence-corrected chi connectivity index (χ0v) is 31.2. The first-order valence-corrected chi connectivity index (χ1v) is 19.8. The van der Waals surface area contributed by atoms with E-state index < -0.39 is 0 Å². The first-order valence-electron chi connectivity index (χ1n) is 19.8. The van der Waals surface area contributed by atoms with Crippen LogP contribution in [-0.2, 0) is 0 Å². The third-order valence-corrected chi connectivity index (χ3v) is 12.1. The van der Waals surface area contributed by atoms with E-state index in [1.54, 1.807) is 0 Å². The Labute approximate surface area is 332 Å². The minimum absolute atomic E-state index is 0.888. The van der Waals surface area contributed by atoms with Gasteiger partial charge in [-0.05, 0) is 95.1 Å². The number of rotatable bonds is 4. The number of hydrogen-bond donors (Lipinski definition) is 0. The third kappa shape index (κ3) is 4.40. The Bertz CT molecular complexity index is 3800. The van der Waals surface area contributed by atoms with Crippen LogP contribution in [0, 0.1) is 0 Å². The number of para-hydroxylation sites is 5. The molecule has 0 amide bonds. The minimum atomic E-state index is 0.888. The molecule has 270 valence electrons. The standard InChI is InChI=1S/C54H32N2O2/c1-2-13-33(14-3-1)42-32-50-44(37-16-5-9-21-47(37)56(50)49-22-12-19-40-38-17-6-11-24-52(38)58-54(40)49)31-41(42)34-25-27-48-43(29-34)36-15-4-8-20-46(36)55(48)35-26-28-53-45(30-35)39-18-7-10-23-51(39)57-53/h1-32H. The Morgan fingerprint density at radius 2 is 0.879 bits per heavy atom. The Hall–Kier alpha value is -7.82. The molecule has 0 radical (unpaired) electrons. The minimum Gasteiger partial charge on any atom is -0.456 e. The van der Waals surface area contributed by atoms with Gasteiger partial charge in [0.15, 0.2) is 5.58 Å². The van der Waals surface area contributed by atoms with Crippen LogP contribution in [0.25, 0.3) is 121 Å². The zero-order chi connectivity index (χ0) is 37.9. The fourth-order valence-corrected chi connectivity index (χ4v) is 9.55. The van der Waals surface area contributed by atoms with E-state index in [1.807, 2.05) is 18.2 Å². The molecule has 4 nitrogen and oxygen atoms in total. The van der Waals surface area contributed by atoms with Crippen molar-refractivity contribution in [3.63, 3.8) is 0 Å². The lowest BCUT2D eigenvalue weighted by Crippen LogP contribution is -1.95. The van der Waals surface area contributed by atoms with Gasteiger partial charge in [-0.25, -0.2) is 0 Å².